The summed E-state index contributed by atoms with van der Waals surface area (Å²) in [5, 5.41) is 13.5. The molecule has 0 aliphatic carbocycles. The summed E-state index contributed by atoms with van der Waals surface area (Å²) in [4.78, 5) is 18.0. The first kappa shape index (κ1) is 14.0. The molecule has 1 unspecified atom stereocenters. The van der Waals surface area contributed by atoms with Gasteiger partial charge < -0.3 is 10.0 Å². The highest BCUT2D eigenvalue weighted by Crippen LogP contribution is 2.26. The Kier molecular flexibility index (Phi) is 3.63. The quantitative estimate of drug-likeness (QED) is 0.935. The number of hydrogen-bond donors (Lipinski definition) is 1. The fourth-order valence-corrected chi connectivity index (χ4v) is 2.89. The first-order valence-electron chi connectivity index (χ1n) is 7.38. The van der Waals surface area contributed by atoms with E-state index >= 15 is 0 Å². The van der Waals surface area contributed by atoms with E-state index < -0.39 is 5.97 Å². The van der Waals surface area contributed by atoms with Gasteiger partial charge in [0.05, 0.1) is 5.56 Å². The molecule has 21 heavy (non-hydrogen) atoms. The van der Waals surface area contributed by atoms with E-state index in [9.17, 15) is 4.79 Å². The lowest BCUT2D eigenvalue weighted by Crippen LogP contribution is -2.39. The first-order valence-corrected chi connectivity index (χ1v) is 7.38. The topological polar surface area (TPSA) is 70.7 Å². The van der Waals surface area contributed by atoms with Gasteiger partial charge in [0.1, 0.15) is 0 Å². The SMILES string of the molecule is CC(C)N1CCCC(c2nc3ccc(C(=O)O)cn3n2)C1. The van der Waals surface area contributed by atoms with Crippen molar-refractivity contribution < 1.29 is 9.90 Å². The van der Waals surface area contributed by atoms with Crippen LogP contribution in [0.3, 0.4) is 0 Å². The Morgan fingerprint density at radius 1 is 1.43 bits per heavy atom. The Hall–Kier alpha value is -1.95. The van der Waals surface area contributed by atoms with Crippen LogP contribution in [0.5, 0.6) is 0 Å². The molecule has 3 heterocycles. The lowest BCUT2D eigenvalue weighted by atomic mass is 9.96. The third-order valence-corrected chi connectivity index (χ3v) is 4.14. The standard InChI is InChI=1S/C15H20N4O2/c1-10(2)18-7-3-4-11(8-18)14-16-13-6-5-12(15(20)21)9-19(13)17-14/h5-6,9-11H,3-4,7-8H2,1-2H3,(H,20,21). The van der Waals surface area contributed by atoms with Crippen molar-refractivity contribution in [2.24, 2.45) is 0 Å². The smallest absolute Gasteiger partial charge is 0.337 e. The molecule has 1 atom stereocenters. The average Bonchev–Trinajstić information content (AvgIpc) is 2.90. The summed E-state index contributed by atoms with van der Waals surface area (Å²) >= 11 is 0. The van der Waals surface area contributed by atoms with Crippen molar-refractivity contribution in [3.05, 3.63) is 29.7 Å². The van der Waals surface area contributed by atoms with E-state index in [4.69, 9.17) is 5.11 Å². The molecule has 6 heteroatoms. The van der Waals surface area contributed by atoms with Gasteiger partial charge in [0.25, 0.3) is 0 Å². The number of fused-ring (bicyclic) bond motifs is 1. The fourth-order valence-electron chi connectivity index (χ4n) is 2.89. The Balaban J connectivity index is 1.88. The van der Waals surface area contributed by atoms with Crippen LogP contribution in [0.1, 0.15) is 48.8 Å². The van der Waals surface area contributed by atoms with Gasteiger partial charge in [0.15, 0.2) is 11.5 Å². The number of aromatic carboxylic acids is 1. The molecule has 0 amide bonds. The number of piperidine rings is 1. The van der Waals surface area contributed by atoms with E-state index in [1.165, 1.54) is 6.20 Å². The lowest BCUT2D eigenvalue weighted by molar-refractivity contribution is 0.0696. The Bertz CT molecular complexity index is 665. The van der Waals surface area contributed by atoms with Gasteiger partial charge >= 0.3 is 5.97 Å². The monoisotopic (exact) mass is 288 g/mol. The van der Waals surface area contributed by atoms with Crippen molar-refractivity contribution in [1.82, 2.24) is 19.5 Å². The van der Waals surface area contributed by atoms with Crippen LogP contribution < -0.4 is 0 Å². The minimum atomic E-state index is -0.947. The second-order valence-electron chi connectivity index (χ2n) is 5.92. The Morgan fingerprint density at radius 3 is 2.95 bits per heavy atom. The molecule has 112 valence electrons. The van der Waals surface area contributed by atoms with Gasteiger partial charge in [0.2, 0.25) is 0 Å². The van der Waals surface area contributed by atoms with Crippen molar-refractivity contribution in [1.29, 1.82) is 0 Å². The number of carboxylic acid groups (broad SMARTS) is 1. The van der Waals surface area contributed by atoms with Crippen LogP contribution in [-0.2, 0) is 0 Å². The van der Waals surface area contributed by atoms with Crippen LogP contribution in [-0.4, -0.2) is 49.7 Å². The van der Waals surface area contributed by atoms with Crippen LogP contribution in [0.25, 0.3) is 5.65 Å². The molecule has 6 nitrogen and oxygen atoms in total. The molecule has 0 saturated carbocycles. The molecule has 0 bridgehead atoms. The van der Waals surface area contributed by atoms with E-state index in [1.807, 2.05) is 0 Å². The third-order valence-electron chi connectivity index (χ3n) is 4.14. The molecule has 2 aromatic heterocycles. The summed E-state index contributed by atoms with van der Waals surface area (Å²) in [7, 11) is 0. The van der Waals surface area contributed by atoms with Crippen LogP contribution in [0.4, 0.5) is 0 Å². The van der Waals surface area contributed by atoms with Crippen LogP contribution in [0, 0.1) is 0 Å². The normalized spacial score (nSPS) is 20.2. The van der Waals surface area contributed by atoms with Crippen molar-refractivity contribution in [3.8, 4) is 0 Å². The number of nitrogens with zero attached hydrogens (tertiary/aromatic N) is 4. The first-order chi connectivity index (χ1) is 10.0. The predicted octanol–water partition coefficient (Wildman–Crippen LogP) is 2.02. The van der Waals surface area contributed by atoms with Gasteiger partial charge in [-0.15, -0.1) is 0 Å². The second-order valence-corrected chi connectivity index (χ2v) is 5.92. The molecular weight excluding hydrogens is 268 g/mol. The lowest BCUT2D eigenvalue weighted by Gasteiger charge is -2.34. The van der Waals surface area contributed by atoms with Crippen LogP contribution in [0.2, 0.25) is 0 Å². The maximum Gasteiger partial charge on any atom is 0.337 e. The molecule has 2 aromatic rings. The van der Waals surface area contributed by atoms with Crippen LogP contribution >= 0.6 is 0 Å². The minimum Gasteiger partial charge on any atom is -0.478 e. The number of likely N-dealkylation sites (tertiary alicyclic amines) is 1. The average molecular weight is 288 g/mol. The highest BCUT2D eigenvalue weighted by molar-refractivity contribution is 5.87. The molecule has 1 saturated heterocycles. The number of carboxylic acids is 1. The maximum absolute atomic E-state index is 11.0. The molecule has 1 N–H and O–H groups in total. The van der Waals surface area contributed by atoms with Gasteiger partial charge in [0, 0.05) is 24.7 Å². The van der Waals surface area contributed by atoms with Gasteiger partial charge in [-0.1, -0.05) is 0 Å². The van der Waals surface area contributed by atoms with Gasteiger partial charge in [-0.05, 0) is 45.4 Å². The minimum absolute atomic E-state index is 0.228. The third kappa shape index (κ3) is 2.76. The molecule has 1 aliphatic rings. The molecule has 0 spiro atoms. The van der Waals surface area contributed by atoms with Crippen molar-refractivity contribution in [2.45, 2.75) is 38.6 Å². The van der Waals surface area contributed by atoms with E-state index in [2.05, 4.69) is 28.8 Å². The van der Waals surface area contributed by atoms with Crippen molar-refractivity contribution in [2.75, 3.05) is 13.1 Å². The molecular formula is C15H20N4O2. The maximum atomic E-state index is 11.0. The summed E-state index contributed by atoms with van der Waals surface area (Å²) in [6, 6.07) is 3.81. The van der Waals surface area contributed by atoms with Crippen molar-refractivity contribution in [3.63, 3.8) is 0 Å². The zero-order valence-corrected chi connectivity index (χ0v) is 12.4. The number of hydrogen-bond acceptors (Lipinski definition) is 4. The molecule has 3 rings (SSSR count). The van der Waals surface area contributed by atoms with Gasteiger partial charge in [-0.2, -0.15) is 5.10 Å². The highest BCUT2D eigenvalue weighted by atomic mass is 16.4. The fraction of sp³-hybridized carbons (Fsp3) is 0.533. The molecule has 1 aliphatic heterocycles. The zero-order chi connectivity index (χ0) is 15.0. The summed E-state index contributed by atoms with van der Waals surface area (Å²) in [5.41, 5.74) is 0.933. The van der Waals surface area contributed by atoms with Gasteiger partial charge in [-0.25, -0.2) is 14.3 Å². The summed E-state index contributed by atoms with van der Waals surface area (Å²) in [6.45, 7) is 6.52. The van der Waals surface area contributed by atoms with Gasteiger partial charge in [-0.3, -0.25) is 0 Å². The van der Waals surface area contributed by atoms with E-state index in [1.54, 1.807) is 16.6 Å². The Morgan fingerprint density at radius 2 is 2.24 bits per heavy atom. The summed E-state index contributed by atoms with van der Waals surface area (Å²) in [5.74, 6) is 0.204. The molecule has 1 fully saturated rings. The zero-order valence-electron chi connectivity index (χ0n) is 12.4. The van der Waals surface area contributed by atoms with E-state index in [0.717, 1.165) is 31.8 Å². The van der Waals surface area contributed by atoms with E-state index in [0.29, 0.717) is 17.6 Å². The summed E-state index contributed by atoms with van der Waals surface area (Å²) in [6.07, 6.45) is 3.77. The van der Waals surface area contributed by atoms with Crippen molar-refractivity contribution >= 4 is 11.6 Å². The number of pyridine rings is 1. The second kappa shape index (κ2) is 5.44. The van der Waals surface area contributed by atoms with E-state index in [-0.39, 0.29) is 5.56 Å². The Labute approximate surface area is 123 Å². The number of rotatable bonds is 3. The predicted molar refractivity (Wildman–Crippen MR) is 78.6 cm³/mol. The number of carbonyl (C=O) groups is 1. The van der Waals surface area contributed by atoms with Crippen LogP contribution in [0.15, 0.2) is 18.3 Å². The molecule has 0 radical (unpaired) electrons. The molecule has 0 aromatic carbocycles. The summed E-state index contributed by atoms with van der Waals surface area (Å²) < 4.78 is 1.58. The number of aromatic nitrogens is 3. The largest absolute Gasteiger partial charge is 0.478 e. The highest BCUT2D eigenvalue weighted by Gasteiger charge is 2.26.